The highest BCUT2D eigenvalue weighted by Gasteiger charge is 2.20. The predicted octanol–water partition coefficient (Wildman–Crippen LogP) is 9.54. The highest BCUT2D eigenvalue weighted by atomic mass is 32.1. The second-order valence-corrected chi connectivity index (χ2v) is 12.6. The summed E-state index contributed by atoms with van der Waals surface area (Å²) in [6.07, 6.45) is 0. The zero-order valence-corrected chi connectivity index (χ0v) is 24.6. The standard InChI is InChI=1S/C38H22N6S/c1-5-13-29-25(9-1)26-10-2-6-14-30(26)41(29)23-17-19-33-35(21-23)43-31-15-7-3-11-27(31)39-37(43)42(33)24-18-20-34-36(22-24)45-38-40-28-12-4-8-16-32(28)44(34)38/h1-22H. The maximum Gasteiger partial charge on any atom is 0.220 e. The minimum absolute atomic E-state index is 0.900. The van der Waals surface area contributed by atoms with E-state index in [9.17, 15) is 0 Å². The zero-order valence-electron chi connectivity index (χ0n) is 23.8. The second kappa shape index (κ2) is 8.37. The van der Waals surface area contributed by atoms with Gasteiger partial charge in [0.2, 0.25) is 5.78 Å². The molecular weight excluding hydrogens is 573 g/mol. The van der Waals surface area contributed by atoms with Crippen LogP contribution in [-0.2, 0) is 0 Å². The third-order valence-electron chi connectivity index (χ3n) is 9.20. The molecular formula is C38H22N6S. The minimum Gasteiger partial charge on any atom is -0.309 e. The molecule has 45 heavy (non-hydrogen) atoms. The number of rotatable bonds is 2. The van der Waals surface area contributed by atoms with Crippen LogP contribution in [0, 0.1) is 0 Å². The molecule has 0 atom stereocenters. The van der Waals surface area contributed by atoms with Gasteiger partial charge in [-0.2, -0.15) is 0 Å². The van der Waals surface area contributed by atoms with Crippen molar-refractivity contribution in [3.63, 3.8) is 0 Å². The van der Waals surface area contributed by atoms with Crippen molar-refractivity contribution in [2.24, 2.45) is 0 Å². The molecule has 6 nitrogen and oxygen atoms in total. The van der Waals surface area contributed by atoms with Crippen molar-refractivity contribution < 1.29 is 0 Å². The molecule has 6 aromatic carbocycles. The Morgan fingerprint density at radius 3 is 1.73 bits per heavy atom. The first-order chi connectivity index (χ1) is 22.3. The van der Waals surface area contributed by atoms with E-state index in [-0.39, 0.29) is 0 Å². The van der Waals surface area contributed by atoms with E-state index in [2.05, 4.69) is 145 Å². The van der Waals surface area contributed by atoms with Crippen LogP contribution in [-0.4, -0.2) is 27.9 Å². The van der Waals surface area contributed by atoms with Gasteiger partial charge in [0.1, 0.15) is 0 Å². The number of benzene rings is 6. The van der Waals surface area contributed by atoms with E-state index >= 15 is 0 Å². The summed E-state index contributed by atoms with van der Waals surface area (Å²) < 4.78 is 10.4. The van der Waals surface area contributed by atoms with Crippen molar-refractivity contribution in [3.8, 4) is 11.4 Å². The number of hydrogen-bond donors (Lipinski definition) is 0. The number of fused-ring (bicyclic) bond motifs is 13. The Hall–Kier alpha value is -5.92. The molecule has 0 aliphatic rings. The fourth-order valence-corrected chi connectivity index (χ4v) is 8.37. The van der Waals surface area contributed by atoms with Crippen LogP contribution in [0.25, 0.3) is 87.2 Å². The average molecular weight is 595 g/mol. The molecule has 0 N–H and O–H groups in total. The van der Waals surface area contributed by atoms with Crippen LogP contribution in [0.4, 0.5) is 0 Å². The van der Waals surface area contributed by atoms with Crippen LogP contribution in [0.1, 0.15) is 0 Å². The molecule has 0 saturated carbocycles. The molecule has 0 aliphatic heterocycles. The molecule has 0 amide bonds. The number of aromatic nitrogens is 6. The Balaban J connectivity index is 1.21. The van der Waals surface area contributed by atoms with Crippen LogP contribution in [0.2, 0.25) is 0 Å². The summed E-state index contributed by atoms with van der Waals surface area (Å²) >= 11 is 1.73. The smallest absolute Gasteiger partial charge is 0.220 e. The van der Waals surface area contributed by atoms with Crippen molar-refractivity contribution in [2.75, 3.05) is 0 Å². The van der Waals surface area contributed by atoms with Crippen LogP contribution in [0.5, 0.6) is 0 Å². The van der Waals surface area contributed by atoms with Crippen molar-refractivity contribution in [1.29, 1.82) is 0 Å². The lowest BCUT2D eigenvalue weighted by atomic mass is 10.2. The molecule has 0 spiro atoms. The monoisotopic (exact) mass is 594 g/mol. The molecule has 11 aromatic rings. The van der Waals surface area contributed by atoms with Gasteiger partial charge in [0.05, 0.1) is 60.0 Å². The fourth-order valence-electron chi connectivity index (χ4n) is 7.29. The molecule has 5 aromatic heterocycles. The van der Waals surface area contributed by atoms with Crippen LogP contribution in [0.3, 0.4) is 0 Å². The summed E-state index contributed by atoms with van der Waals surface area (Å²) in [5.41, 5.74) is 12.2. The molecule has 0 saturated heterocycles. The molecule has 210 valence electrons. The first kappa shape index (κ1) is 23.5. The van der Waals surface area contributed by atoms with E-state index in [0.717, 1.165) is 55.2 Å². The summed E-state index contributed by atoms with van der Waals surface area (Å²) in [7, 11) is 0. The highest BCUT2D eigenvalue weighted by Crippen LogP contribution is 2.37. The van der Waals surface area contributed by atoms with Gasteiger partial charge in [-0.15, -0.1) is 0 Å². The fraction of sp³-hybridized carbons (Fsp3) is 0. The lowest BCUT2D eigenvalue weighted by Crippen LogP contribution is -1.96. The molecule has 0 aliphatic carbocycles. The zero-order chi connectivity index (χ0) is 29.2. The third-order valence-corrected chi connectivity index (χ3v) is 10.2. The summed E-state index contributed by atoms with van der Waals surface area (Å²) in [5, 5.41) is 2.51. The minimum atomic E-state index is 0.900. The quantitative estimate of drug-likeness (QED) is 0.200. The van der Waals surface area contributed by atoms with E-state index in [1.165, 1.54) is 32.0 Å². The SMILES string of the molecule is c1ccc2c(c1)nc1sc3cc(-n4c5ccc(-n6c7ccccc7c7ccccc76)cc5n5c6ccccc6nc45)ccc3n12. The first-order valence-corrected chi connectivity index (χ1v) is 15.8. The number of para-hydroxylation sites is 6. The van der Waals surface area contributed by atoms with E-state index in [4.69, 9.17) is 9.97 Å². The van der Waals surface area contributed by atoms with Crippen LogP contribution >= 0.6 is 11.3 Å². The molecule has 0 unspecified atom stereocenters. The Labute approximate surface area is 259 Å². The van der Waals surface area contributed by atoms with Gasteiger partial charge in [-0.25, -0.2) is 9.97 Å². The van der Waals surface area contributed by atoms with E-state index < -0.39 is 0 Å². The molecule has 11 rings (SSSR count). The van der Waals surface area contributed by atoms with Crippen molar-refractivity contribution in [1.82, 2.24) is 27.9 Å². The van der Waals surface area contributed by atoms with Gasteiger partial charge < -0.3 is 4.57 Å². The predicted molar refractivity (Wildman–Crippen MR) is 186 cm³/mol. The van der Waals surface area contributed by atoms with Gasteiger partial charge in [0, 0.05) is 16.5 Å². The number of hydrogen-bond acceptors (Lipinski definition) is 3. The Morgan fingerprint density at radius 1 is 0.422 bits per heavy atom. The van der Waals surface area contributed by atoms with Gasteiger partial charge in [0.15, 0.2) is 4.96 Å². The lowest BCUT2D eigenvalue weighted by Gasteiger charge is -2.10. The van der Waals surface area contributed by atoms with E-state index in [1.807, 2.05) is 6.07 Å². The molecule has 0 fully saturated rings. The van der Waals surface area contributed by atoms with E-state index in [1.54, 1.807) is 11.3 Å². The summed E-state index contributed by atoms with van der Waals surface area (Å²) in [6, 6.07) is 47.6. The van der Waals surface area contributed by atoms with Gasteiger partial charge >= 0.3 is 0 Å². The van der Waals surface area contributed by atoms with Gasteiger partial charge in [-0.1, -0.05) is 72.0 Å². The number of imidazole rings is 3. The second-order valence-electron chi connectivity index (χ2n) is 11.6. The third kappa shape index (κ3) is 3.02. The lowest BCUT2D eigenvalue weighted by molar-refractivity contribution is 1.11. The van der Waals surface area contributed by atoms with Gasteiger partial charge in [-0.3, -0.25) is 13.4 Å². The largest absolute Gasteiger partial charge is 0.309 e. The van der Waals surface area contributed by atoms with Crippen LogP contribution < -0.4 is 0 Å². The van der Waals surface area contributed by atoms with Gasteiger partial charge in [0.25, 0.3) is 0 Å². The number of nitrogens with zero attached hydrogens (tertiary/aromatic N) is 6. The Bertz CT molecular complexity index is 2950. The van der Waals surface area contributed by atoms with Gasteiger partial charge in [-0.05, 0) is 72.8 Å². The number of thiazole rings is 1. The van der Waals surface area contributed by atoms with Crippen molar-refractivity contribution >= 4 is 87.2 Å². The molecule has 0 radical (unpaired) electrons. The molecule has 7 heteroatoms. The molecule has 5 heterocycles. The summed E-state index contributed by atoms with van der Waals surface area (Å²) in [6.45, 7) is 0. The molecule has 0 bridgehead atoms. The maximum absolute atomic E-state index is 5.18. The van der Waals surface area contributed by atoms with E-state index in [0.29, 0.717) is 0 Å². The Morgan fingerprint density at radius 2 is 1.00 bits per heavy atom. The maximum atomic E-state index is 5.18. The normalized spacial score (nSPS) is 12.4. The highest BCUT2D eigenvalue weighted by molar-refractivity contribution is 7.23. The van der Waals surface area contributed by atoms with Crippen LogP contribution in [0.15, 0.2) is 133 Å². The Kier molecular flexibility index (Phi) is 4.38. The van der Waals surface area contributed by atoms with Crippen molar-refractivity contribution in [2.45, 2.75) is 0 Å². The first-order valence-electron chi connectivity index (χ1n) is 15.0. The average Bonchev–Trinajstić information content (AvgIpc) is 3.87. The topological polar surface area (TPSA) is 44.5 Å². The summed E-state index contributed by atoms with van der Waals surface area (Å²) in [5.74, 6) is 0.900. The summed E-state index contributed by atoms with van der Waals surface area (Å²) in [4.78, 5) is 11.1. The van der Waals surface area contributed by atoms with Crippen molar-refractivity contribution in [3.05, 3.63) is 133 Å².